The highest BCUT2D eigenvalue weighted by Crippen LogP contribution is 2.14. The largest absolute Gasteiger partial charge is 0.246 e. The smallest absolute Gasteiger partial charge is 0.102 e. The summed E-state index contributed by atoms with van der Waals surface area (Å²) in [5, 5.41) is 0. The number of hydrogen-bond donors (Lipinski definition) is 0. The van der Waals surface area contributed by atoms with E-state index >= 15 is 0 Å². The van der Waals surface area contributed by atoms with Crippen molar-refractivity contribution in [3.63, 3.8) is 0 Å². The van der Waals surface area contributed by atoms with Crippen molar-refractivity contribution in [1.29, 1.82) is 0 Å². The molecule has 54 valence electrons. The molecule has 0 spiro atoms. The normalized spacial score (nSPS) is 9.90. The fourth-order valence-corrected chi connectivity index (χ4v) is 2.28. The lowest BCUT2D eigenvalue weighted by Gasteiger charge is -1.96. The molecule has 0 bridgehead atoms. The first-order chi connectivity index (χ1) is 4.72. The van der Waals surface area contributed by atoms with Crippen molar-refractivity contribution < 1.29 is 0 Å². The van der Waals surface area contributed by atoms with E-state index in [-0.39, 0.29) is 0 Å². The van der Waals surface area contributed by atoms with E-state index in [2.05, 4.69) is 43.5 Å². The van der Waals surface area contributed by atoms with Crippen molar-refractivity contribution in [3.05, 3.63) is 26.0 Å². The molecule has 0 aliphatic heterocycles. The van der Waals surface area contributed by atoms with Crippen molar-refractivity contribution in [2.24, 2.45) is 0 Å². The lowest BCUT2D eigenvalue weighted by atomic mass is 10.4. The number of pyridine rings is 1. The van der Waals surface area contributed by atoms with Gasteiger partial charge in [-0.2, -0.15) is 0 Å². The van der Waals surface area contributed by atoms with E-state index in [4.69, 9.17) is 11.6 Å². The Balaban J connectivity index is 3.06. The van der Waals surface area contributed by atoms with Crippen LogP contribution in [0.25, 0.3) is 0 Å². The zero-order chi connectivity index (χ0) is 7.56. The van der Waals surface area contributed by atoms with Crippen LogP contribution in [0.5, 0.6) is 0 Å². The van der Waals surface area contributed by atoms with Crippen LogP contribution in [0.15, 0.2) is 16.6 Å². The average molecular weight is 332 g/mol. The molecule has 0 N–H and O–H groups in total. The Kier molecular flexibility index (Phi) is 3.39. The van der Waals surface area contributed by atoms with Crippen LogP contribution in [0.1, 0.15) is 5.69 Å². The SMILES string of the molecule is ClCc1cc(Br)cc(I)n1. The van der Waals surface area contributed by atoms with E-state index in [0.29, 0.717) is 5.88 Å². The van der Waals surface area contributed by atoms with Crippen LogP contribution in [0, 0.1) is 3.70 Å². The van der Waals surface area contributed by atoms with Gasteiger partial charge in [-0.05, 0) is 34.7 Å². The van der Waals surface area contributed by atoms with Crippen LogP contribution < -0.4 is 0 Å². The first kappa shape index (κ1) is 8.74. The van der Waals surface area contributed by atoms with Crippen molar-refractivity contribution in [2.45, 2.75) is 5.88 Å². The summed E-state index contributed by atoms with van der Waals surface area (Å²) in [6.07, 6.45) is 0. The Morgan fingerprint density at radius 2 is 2.30 bits per heavy atom. The zero-order valence-electron chi connectivity index (χ0n) is 4.94. The van der Waals surface area contributed by atoms with E-state index in [9.17, 15) is 0 Å². The third-order valence-corrected chi connectivity index (χ3v) is 2.23. The Morgan fingerprint density at radius 1 is 1.60 bits per heavy atom. The van der Waals surface area contributed by atoms with Gasteiger partial charge in [-0.15, -0.1) is 11.6 Å². The van der Waals surface area contributed by atoms with E-state index < -0.39 is 0 Å². The molecule has 0 amide bonds. The summed E-state index contributed by atoms with van der Waals surface area (Å²) in [5.41, 5.74) is 0.903. The second-order valence-electron chi connectivity index (χ2n) is 1.73. The molecule has 10 heavy (non-hydrogen) atoms. The van der Waals surface area contributed by atoms with Crippen LogP contribution >= 0.6 is 50.1 Å². The minimum Gasteiger partial charge on any atom is -0.246 e. The summed E-state index contributed by atoms with van der Waals surface area (Å²) < 4.78 is 1.99. The second-order valence-corrected chi connectivity index (χ2v) is 4.02. The van der Waals surface area contributed by atoms with Gasteiger partial charge < -0.3 is 0 Å². The highest BCUT2D eigenvalue weighted by Gasteiger charge is 1.95. The predicted octanol–water partition coefficient (Wildman–Crippen LogP) is 3.19. The number of alkyl halides is 1. The number of hydrogen-bond acceptors (Lipinski definition) is 1. The molecule has 0 saturated heterocycles. The van der Waals surface area contributed by atoms with Crippen molar-refractivity contribution in [3.8, 4) is 0 Å². The van der Waals surface area contributed by atoms with E-state index in [1.54, 1.807) is 0 Å². The molecule has 0 aliphatic carbocycles. The first-order valence-electron chi connectivity index (χ1n) is 2.60. The van der Waals surface area contributed by atoms with Gasteiger partial charge in [0.15, 0.2) is 0 Å². The monoisotopic (exact) mass is 331 g/mol. The molecule has 0 atom stereocenters. The molecule has 4 heteroatoms. The Bertz CT molecular complexity index is 221. The van der Waals surface area contributed by atoms with Gasteiger partial charge in [0.05, 0.1) is 11.6 Å². The molecule has 1 rings (SSSR count). The lowest BCUT2D eigenvalue weighted by molar-refractivity contribution is 1.13. The number of nitrogens with zero attached hydrogens (tertiary/aromatic N) is 1. The van der Waals surface area contributed by atoms with Gasteiger partial charge in [0, 0.05) is 4.47 Å². The van der Waals surface area contributed by atoms with E-state index in [0.717, 1.165) is 13.9 Å². The third kappa shape index (κ3) is 2.36. The zero-order valence-corrected chi connectivity index (χ0v) is 9.44. The molecular weight excluding hydrogens is 328 g/mol. The molecule has 0 aliphatic rings. The molecule has 0 unspecified atom stereocenters. The van der Waals surface area contributed by atoms with Gasteiger partial charge in [-0.1, -0.05) is 15.9 Å². The molecular formula is C6H4BrClIN. The highest BCUT2D eigenvalue weighted by molar-refractivity contribution is 14.1. The summed E-state index contributed by atoms with van der Waals surface area (Å²) in [5.74, 6) is 0.468. The molecule has 0 fully saturated rings. The third-order valence-electron chi connectivity index (χ3n) is 0.949. The summed E-state index contributed by atoms with van der Waals surface area (Å²) in [4.78, 5) is 4.18. The minimum absolute atomic E-state index is 0.468. The predicted molar refractivity (Wildman–Crippen MR) is 54.2 cm³/mol. The maximum atomic E-state index is 5.58. The molecule has 0 radical (unpaired) electrons. The molecule has 0 saturated carbocycles. The van der Waals surface area contributed by atoms with Crippen LogP contribution in [0.2, 0.25) is 0 Å². The average Bonchev–Trinajstić information content (AvgIpc) is 1.85. The van der Waals surface area contributed by atoms with Crippen LogP contribution in [0.3, 0.4) is 0 Å². The lowest BCUT2D eigenvalue weighted by Crippen LogP contribution is -1.87. The second kappa shape index (κ2) is 3.88. The minimum atomic E-state index is 0.468. The van der Waals surface area contributed by atoms with Crippen molar-refractivity contribution in [1.82, 2.24) is 4.98 Å². The molecule has 1 aromatic rings. The van der Waals surface area contributed by atoms with Crippen LogP contribution in [-0.4, -0.2) is 4.98 Å². The fraction of sp³-hybridized carbons (Fsp3) is 0.167. The first-order valence-corrected chi connectivity index (χ1v) is 5.01. The number of aromatic nitrogens is 1. The van der Waals surface area contributed by atoms with Gasteiger partial charge in [0.25, 0.3) is 0 Å². The van der Waals surface area contributed by atoms with Gasteiger partial charge in [0.1, 0.15) is 3.70 Å². The maximum Gasteiger partial charge on any atom is 0.102 e. The Hall–Kier alpha value is 0.650. The maximum absolute atomic E-state index is 5.58. The van der Waals surface area contributed by atoms with Crippen molar-refractivity contribution >= 4 is 50.1 Å². The quantitative estimate of drug-likeness (QED) is 0.437. The van der Waals surface area contributed by atoms with Crippen LogP contribution in [0.4, 0.5) is 0 Å². The highest BCUT2D eigenvalue weighted by atomic mass is 127. The summed E-state index contributed by atoms with van der Waals surface area (Å²) in [7, 11) is 0. The molecule has 1 nitrogen and oxygen atoms in total. The van der Waals surface area contributed by atoms with Gasteiger partial charge in [0.2, 0.25) is 0 Å². The Labute approximate surface area is 86.4 Å². The standard InChI is InChI=1S/C6H4BrClIN/c7-4-1-5(3-8)10-6(9)2-4/h1-2H,3H2. The van der Waals surface area contributed by atoms with Crippen LogP contribution in [-0.2, 0) is 5.88 Å². The molecule has 1 aromatic heterocycles. The van der Waals surface area contributed by atoms with Gasteiger partial charge >= 0.3 is 0 Å². The van der Waals surface area contributed by atoms with Gasteiger partial charge in [-0.3, -0.25) is 0 Å². The van der Waals surface area contributed by atoms with E-state index in [1.165, 1.54) is 0 Å². The molecule has 0 aromatic carbocycles. The number of rotatable bonds is 1. The summed E-state index contributed by atoms with van der Waals surface area (Å²) in [6, 6.07) is 3.85. The Morgan fingerprint density at radius 3 is 2.80 bits per heavy atom. The molecule has 1 heterocycles. The van der Waals surface area contributed by atoms with Crippen molar-refractivity contribution in [2.75, 3.05) is 0 Å². The van der Waals surface area contributed by atoms with Gasteiger partial charge in [-0.25, -0.2) is 4.98 Å². The summed E-state index contributed by atoms with van der Waals surface area (Å²) in [6.45, 7) is 0. The summed E-state index contributed by atoms with van der Waals surface area (Å²) >= 11 is 11.1. The fourth-order valence-electron chi connectivity index (χ4n) is 0.585. The number of halogens is 3. The topological polar surface area (TPSA) is 12.9 Å². The van der Waals surface area contributed by atoms with E-state index in [1.807, 2.05) is 12.1 Å².